The molecule has 0 saturated heterocycles. The Kier molecular flexibility index (Phi) is 7.60. The molecule has 0 N–H and O–H groups in total. The molecule has 27 heavy (non-hydrogen) atoms. The van der Waals surface area contributed by atoms with Crippen molar-refractivity contribution in [1.29, 1.82) is 0 Å². The molecule has 0 aromatic heterocycles. The van der Waals surface area contributed by atoms with Gasteiger partial charge in [-0.2, -0.15) is 0 Å². The summed E-state index contributed by atoms with van der Waals surface area (Å²) in [7, 11) is 3.02. The topological polar surface area (TPSA) is 89.5 Å². The van der Waals surface area contributed by atoms with Crippen LogP contribution in [0.5, 0.6) is 11.5 Å². The maximum atomic E-state index is 11.9. The molecule has 2 rings (SSSR count). The molecule has 2 aromatic carbocycles. The number of hydrogen-bond donors (Lipinski definition) is 0. The van der Waals surface area contributed by atoms with Crippen LogP contribution < -0.4 is 9.47 Å². The van der Waals surface area contributed by atoms with E-state index in [1.165, 1.54) is 38.5 Å². The Morgan fingerprint density at radius 3 is 1.37 bits per heavy atom. The molecule has 0 amide bonds. The van der Waals surface area contributed by atoms with E-state index in [0.717, 1.165) is 0 Å². The van der Waals surface area contributed by atoms with Crippen LogP contribution in [0.1, 0.15) is 27.1 Å². The van der Waals surface area contributed by atoms with Crippen molar-refractivity contribution in [1.82, 2.24) is 0 Å². The van der Waals surface area contributed by atoms with Gasteiger partial charge in [0.25, 0.3) is 0 Å². The van der Waals surface area contributed by atoms with Crippen molar-refractivity contribution in [3.63, 3.8) is 0 Å². The third-order valence-corrected chi connectivity index (χ3v) is 3.28. The lowest BCUT2D eigenvalue weighted by atomic mass is 10.2. The number of rotatable bonds is 9. The number of carbonyl (C=O) groups is 2. The molecule has 0 atom stereocenters. The molecule has 142 valence electrons. The zero-order valence-corrected chi connectivity index (χ0v) is 14.8. The first kappa shape index (κ1) is 20.2. The van der Waals surface area contributed by atoms with E-state index in [0.29, 0.717) is 11.5 Å². The lowest BCUT2D eigenvalue weighted by Crippen LogP contribution is -2.15. The summed E-state index contributed by atoms with van der Waals surface area (Å²) in [6, 6.07) is 12.4. The number of hydrogen-bond acceptors (Lipinski definition) is 8. The van der Waals surface area contributed by atoms with Gasteiger partial charge in [0.1, 0.15) is 11.5 Å². The van der Waals surface area contributed by atoms with Crippen molar-refractivity contribution in [2.24, 2.45) is 0 Å². The van der Waals surface area contributed by atoms with Gasteiger partial charge in [0.15, 0.2) is 0 Å². The second-order valence-corrected chi connectivity index (χ2v) is 4.99. The summed E-state index contributed by atoms with van der Waals surface area (Å²) in [5.41, 5.74) is 0.462. The van der Waals surface area contributed by atoms with Crippen LogP contribution >= 0.6 is 0 Å². The molecule has 0 aliphatic heterocycles. The first-order valence-corrected chi connectivity index (χ1v) is 7.78. The molecular formula is C19H18O8. The summed E-state index contributed by atoms with van der Waals surface area (Å²) in [6.07, 6.45) is -0.370. The lowest BCUT2D eigenvalue weighted by molar-refractivity contribution is -0.362. The Labute approximate surface area is 156 Å². The van der Waals surface area contributed by atoms with Gasteiger partial charge in [-0.05, 0) is 55.5 Å². The van der Waals surface area contributed by atoms with E-state index in [2.05, 4.69) is 16.7 Å². The molecule has 0 saturated carbocycles. The highest BCUT2D eigenvalue weighted by Crippen LogP contribution is 2.17. The van der Waals surface area contributed by atoms with Crippen LogP contribution in [-0.4, -0.2) is 26.2 Å². The highest BCUT2D eigenvalue weighted by atomic mass is 17.3. The van der Waals surface area contributed by atoms with Crippen LogP contribution in [0, 0.1) is 13.2 Å². The smallest absolute Gasteiger partial charge is 0.373 e. The number of methoxy groups -OCH3 is 2. The second-order valence-electron chi connectivity index (χ2n) is 4.99. The van der Waals surface area contributed by atoms with E-state index >= 15 is 0 Å². The van der Waals surface area contributed by atoms with Crippen LogP contribution in [0.25, 0.3) is 0 Å². The molecule has 0 heterocycles. The summed E-state index contributed by atoms with van der Waals surface area (Å²) < 4.78 is 9.99. The minimum atomic E-state index is -0.770. The highest BCUT2D eigenvalue weighted by molar-refractivity contribution is 5.89. The van der Waals surface area contributed by atoms with Gasteiger partial charge in [0.05, 0.1) is 25.3 Å². The van der Waals surface area contributed by atoms with Gasteiger partial charge in [-0.15, -0.1) is 9.78 Å². The van der Waals surface area contributed by atoms with Gasteiger partial charge in [0.2, 0.25) is 0 Å². The van der Waals surface area contributed by atoms with Crippen molar-refractivity contribution in [2.75, 3.05) is 14.2 Å². The minimum absolute atomic E-state index is 0.0637. The Bertz CT molecular complexity index is 676. The fourth-order valence-electron chi connectivity index (χ4n) is 1.82. The van der Waals surface area contributed by atoms with Crippen molar-refractivity contribution >= 4 is 11.9 Å². The van der Waals surface area contributed by atoms with Crippen LogP contribution in [-0.2, 0) is 19.6 Å². The molecule has 0 aliphatic carbocycles. The van der Waals surface area contributed by atoms with Gasteiger partial charge in [-0.3, -0.25) is 9.78 Å². The molecule has 0 aliphatic rings. The molecule has 0 spiro atoms. The Balaban J connectivity index is 1.81. The Hall–Kier alpha value is -3.10. The van der Waals surface area contributed by atoms with Crippen LogP contribution in [0.3, 0.4) is 0 Å². The third-order valence-electron chi connectivity index (χ3n) is 3.28. The minimum Gasteiger partial charge on any atom is -0.497 e. The Morgan fingerprint density at radius 2 is 1.07 bits per heavy atom. The first-order valence-electron chi connectivity index (χ1n) is 7.78. The molecule has 0 bridgehead atoms. The van der Waals surface area contributed by atoms with E-state index in [9.17, 15) is 9.59 Å². The number of ether oxygens (including phenoxy) is 2. The normalized spacial score (nSPS) is 10.4. The average molecular weight is 374 g/mol. The monoisotopic (exact) mass is 374 g/mol. The van der Waals surface area contributed by atoms with E-state index in [1.54, 1.807) is 24.3 Å². The standard InChI is InChI=1S/C19H18O8/c1-4-17(24-26-18(20)13-5-9-15(22-2)10-6-13)25-27-19(21)14-7-11-16(23-3)12-8-14/h5-12H,1,4H2,2-3H3. The van der Waals surface area contributed by atoms with Crippen molar-refractivity contribution in [3.8, 4) is 11.5 Å². The maximum Gasteiger partial charge on any atom is 0.373 e. The fraction of sp³-hybridized carbons (Fsp3) is 0.158. The predicted octanol–water partition coefficient (Wildman–Crippen LogP) is 3.29. The quantitative estimate of drug-likeness (QED) is 0.488. The van der Waals surface area contributed by atoms with Gasteiger partial charge < -0.3 is 9.47 Å². The van der Waals surface area contributed by atoms with Gasteiger partial charge in [-0.1, -0.05) is 0 Å². The van der Waals surface area contributed by atoms with E-state index < -0.39 is 11.9 Å². The molecule has 0 fully saturated rings. The van der Waals surface area contributed by atoms with E-state index in [4.69, 9.17) is 19.2 Å². The highest BCUT2D eigenvalue weighted by Gasteiger charge is 2.20. The predicted molar refractivity (Wildman–Crippen MR) is 92.2 cm³/mol. The average Bonchev–Trinajstić information content (AvgIpc) is 2.73. The molecule has 2 radical (unpaired) electrons. The summed E-state index contributed by atoms with van der Waals surface area (Å²) in [5, 5.41) is 0. The molecule has 2 aromatic rings. The SMILES string of the molecule is [CH2]C[C](OOC(=O)c1ccc(OC)cc1)OOC(=O)c1ccc(OC)cc1. The molecular weight excluding hydrogens is 356 g/mol. The Morgan fingerprint density at radius 1 is 0.704 bits per heavy atom. The van der Waals surface area contributed by atoms with Crippen LogP contribution in [0.15, 0.2) is 48.5 Å². The zero-order valence-electron chi connectivity index (χ0n) is 14.8. The summed E-state index contributed by atoms with van der Waals surface area (Å²) in [4.78, 5) is 42.5. The number of benzene rings is 2. The molecule has 8 heteroatoms. The lowest BCUT2D eigenvalue weighted by Gasteiger charge is -2.12. The largest absolute Gasteiger partial charge is 0.497 e. The number of carbonyl (C=O) groups excluding carboxylic acids is 2. The summed E-state index contributed by atoms with van der Waals surface area (Å²) >= 11 is 0. The summed E-state index contributed by atoms with van der Waals surface area (Å²) in [6.45, 7) is 3.53. The van der Waals surface area contributed by atoms with Gasteiger partial charge >= 0.3 is 18.2 Å². The van der Waals surface area contributed by atoms with Crippen LogP contribution in [0.4, 0.5) is 0 Å². The van der Waals surface area contributed by atoms with Crippen molar-refractivity contribution in [3.05, 3.63) is 72.9 Å². The molecule has 0 unspecified atom stereocenters. The van der Waals surface area contributed by atoms with E-state index in [1.807, 2.05) is 0 Å². The van der Waals surface area contributed by atoms with Crippen molar-refractivity contribution < 1.29 is 38.6 Å². The molecule has 8 nitrogen and oxygen atoms in total. The summed E-state index contributed by atoms with van der Waals surface area (Å²) in [5.74, 6) is -0.361. The van der Waals surface area contributed by atoms with Gasteiger partial charge in [-0.25, -0.2) is 9.59 Å². The van der Waals surface area contributed by atoms with E-state index in [-0.39, 0.29) is 23.8 Å². The van der Waals surface area contributed by atoms with Crippen molar-refractivity contribution in [2.45, 2.75) is 6.42 Å². The first-order chi connectivity index (χ1) is 13.1. The fourth-order valence-corrected chi connectivity index (χ4v) is 1.82. The zero-order chi connectivity index (χ0) is 19.6. The third kappa shape index (κ3) is 5.98. The van der Waals surface area contributed by atoms with Crippen LogP contribution in [0.2, 0.25) is 0 Å². The second kappa shape index (κ2) is 10.1. The van der Waals surface area contributed by atoms with Gasteiger partial charge in [0, 0.05) is 6.42 Å². The maximum absolute atomic E-state index is 11.9.